The summed E-state index contributed by atoms with van der Waals surface area (Å²) in [4.78, 5) is 13.4. The maximum atomic E-state index is 12.2. The van der Waals surface area contributed by atoms with Crippen LogP contribution in [-0.4, -0.2) is 17.1 Å². The van der Waals surface area contributed by atoms with Crippen LogP contribution in [0.2, 0.25) is 0 Å². The summed E-state index contributed by atoms with van der Waals surface area (Å²) in [6, 6.07) is 6.10. The molecule has 2 aromatic rings. The van der Waals surface area contributed by atoms with Gasteiger partial charge in [-0.15, -0.1) is 11.3 Å². The summed E-state index contributed by atoms with van der Waals surface area (Å²) in [6.07, 6.45) is 1.79. The lowest BCUT2D eigenvalue weighted by Gasteiger charge is -2.37. The van der Waals surface area contributed by atoms with Gasteiger partial charge in [-0.05, 0) is 52.6 Å². The molecule has 5 heteroatoms. The molecule has 1 fully saturated rings. The normalized spacial score (nSPS) is 23.1. The Balaban J connectivity index is 1.65. The van der Waals surface area contributed by atoms with Crippen LogP contribution in [0.15, 0.2) is 34.3 Å². The minimum Gasteiger partial charge on any atom is -0.393 e. The summed E-state index contributed by atoms with van der Waals surface area (Å²) < 4.78 is 0. The van der Waals surface area contributed by atoms with Gasteiger partial charge >= 0.3 is 0 Å². The first kappa shape index (κ1) is 13.8. The number of hydrogen-bond donors (Lipinski definition) is 2. The fourth-order valence-corrected chi connectivity index (χ4v) is 4.13. The van der Waals surface area contributed by atoms with Gasteiger partial charge in [0.2, 0.25) is 5.91 Å². The quantitative estimate of drug-likeness (QED) is 0.892. The van der Waals surface area contributed by atoms with Crippen LogP contribution in [0.5, 0.6) is 0 Å². The van der Waals surface area contributed by atoms with Gasteiger partial charge in [0.15, 0.2) is 0 Å². The summed E-state index contributed by atoms with van der Waals surface area (Å²) >= 11 is 3.27. The van der Waals surface area contributed by atoms with Crippen molar-refractivity contribution in [3.63, 3.8) is 0 Å². The molecule has 0 saturated heterocycles. The Labute approximate surface area is 126 Å². The molecule has 1 saturated carbocycles. The largest absolute Gasteiger partial charge is 0.393 e. The minimum atomic E-state index is -0.198. The van der Waals surface area contributed by atoms with Crippen molar-refractivity contribution in [2.45, 2.75) is 31.4 Å². The van der Waals surface area contributed by atoms with Gasteiger partial charge in [0.25, 0.3) is 0 Å². The van der Waals surface area contributed by atoms with Gasteiger partial charge in [-0.25, -0.2) is 0 Å². The lowest BCUT2D eigenvalue weighted by Crippen LogP contribution is -2.41. The van der Waals surface area contributed by atoms with Crippen molar-refractivity contribution in [3.8, 4) is 0 Å². The molecule has 1 aliphatic rings. The Hall–Kier alpha value is -1.17. The zero-order chi connectivity index (χ0) is 13.9. The third-order valence-corrected chi connectivity index (χ3v) is 5.42. The fourth-order valence-electron chi connectivity index (χ4n) is 2.59. The molecule has 2 aromatic heterocycles. The molecule has 106 valence electrons. The zero-order valence-electron chi connectivity index (χ0n) is 11.0. The monoisotopic (exact) mass is 307 g/mol. The van der Waals surface area contributed by atoms with Crippen molar-refractivity contribution in [3.05, 3.63) is 44.8 Å². The molecule has 0 aromatic carbocycles. The second-order valence-corrected chi connectivity index (χ2v) is 7.01. The Morgan fingerprint density at radius 2 is 2.25 bits per heavy atom. The van der Waals surface area contributed by atoms with Crippen molar-refractivity contribution in [2.24, 2.45) is 5.92 Å². The molecule has 0 aliphatic heterocycles. The standard InChI is InChI=1S/C15H17NO2S2/c17-12-7-11(8-12)15(13-2-1-4-20-13)16-14(18)6-10-3-5-19-9-10/h1-5,9,11-12,15,17H,6-8H2,(H,16,18). The topological polar surface area (TPSA) is 49.3 Å². The van der Waals surface area contributed by atoms with Gasteiger partial charge in [0.1, 0.15) is 0 Å². The molecule has 0 bridgehead atoms. The van der Waals surface area contributed by atoms with Gasteiger partial charge in [-0.2, -0.15) is 11.3 Å². The van der Waals surface area contributed by atoms with E-state index in [1.54, 1.807) is 22.7 Å². The van der Waals surface area contributed by atoms with E-state index in [2.05, 4.69) is 11.4 Å². The number of amides is 1. The molecular weight excluding hydrogens is 290 g/mol. The van der Waals surface area contributed by atoms with E-state index in [1.807, 2.05) is 28.3 Å². The lowest BCUT2D eigenvalue weighted by molar-refractivity contribution is -0.122. The second kappa shape index (κ2) is 6.08. The first-order valence-corrected chi connectivity index (χ1v) is 8.56. The minimum absolute atomic E-state index is 0.0459. The van der Waals surface area contributed by atoms with Crippen LogP contribution in [0.25, 0.3) is 0 Å². The number of aliphatic hydroxyl groups excluding tert-OH is 1. The van der Waals surface area contributed by atoms with E-state index in [-0.39, 0.29) is 18.1 Å². The first-order valence-electron chi connectivity index (χ1n) is 6.74. The van der Waals surface area contributed by atoms with Crippen LogP contribution < -0.4 is 5.32 Å². The van der Waals surface area contributed by atoms with Crippen LogP contribution in [0.4, 0.5) is 0 Å². The van der Waals surface area contributed by atoms with Gasteiger partial charge in [0.05, 0.1) is 18.6 Å². The fraction of sp³-hybridized carbons (Fsp3) is 0.400. The molecule has 3 rings (SSSR count). The molecule has 2 N–H and O–H groups in total. The summed E-state index contributed by atoms with van der Waals surface area (Å²) in [7, 11) is 0. The number of thiophene rings is 2. The average Bonchev–Trinajstić information content (AvgIpc) is 3.05. The number of hydrogen-bond acceptors (Lipinski definition) is 4. The molecule has 2 heterocycles. The molecule has 0 spiro atoms. The highest BCUT2D eigenvalue weighted by molar-refractivity contribution is 7.10. The van der Waals surface area contributed by atoms with Gasteiger partial charge in [-0.1, -0.05) is 6.07 Å². The van der Waals surface area contributed by atoms with E-state index in [9.17, 15) is 9.90 Å². The van der Waals surface area contributed by atoms with Crippen LogP contribution in [0.1, 0.15) is 29.3 Å². The SMILES string of the molecule is O=C(Cc1ccsc1)NC(c1cccs1)C1CC(O)C1. The molecule has 1 aliphatic carbocycles. The highest BCUT2D eigenvalue weighted by Crippen LogP contribution is 2.39. The van der Waals surface area contributed by atoms with E-state index in [1.165, 1.54) is 4.88 Å². The Morgan fingerprint density at radius 1 is 1.40 bits per heavy atom. The highest BCUT2D eigenvalue weighted by atomic mass is 32.1. The summed E-state index contributed by atoms with van der Waals surface area (Å²) in [5.41, 5.74) is 1.06. The van der Waals surface area contributed by atoms with E-state index in [0.717, 1.165) is 18.4 Å². The molecule has 0 radical (unpaired) electrons. The Bertz CT molecular complexity index is 544. The lowest BCUT2D eigenvalue weighted by atomic mass is 9.76. The summed E-state index contributed by atoms with van der Waals surface area (Å²) in [5, 5.41) is 18.7. The van der Waals surface area contributed by atoms with Crippen molar-refractivity contribution < 1.29 is 9.90 Å². The van der Waals surface area contributed by atoms with E-state index < -0.39 is 0 Å². The number of carbonyl (C=O) groups excluding carboxylic acids is 1. The van der Waals surface area contributed by atoms with Crippen molar-refractivity contribution in [2.75, 3.05) is 0 Å². The average molecular weight is 307 g/mol. The van der Waals surface area contributed by atoms with Crippen LogP contribution in [-0.2, 0) is 11.2 Å². The third-order valence-electron chi connectivity index (χ3n) is 3.73. The summed E-state index contributed by atoms with van der Waals surface area (Å²) in [5.74, 6) is 0.415. The predicted molar refractivity (Wildman–Crippen MR) is 82.0 cm³/mol. The number of nitrogens with one attached hydrogen (secondary N) is 1. The molecule has 20 heavy (non-hydrogen) atoms. The molecule has 1 amide bonds. The Kier molecular flexibility index (Phi) is 4.19. The van der Waals surface area contributed by atoms with E-state index in [4.69, 9.17) is 0 Å². The number of aliphatic hydroxyl groups is 1. The molecule has 3 nitrogen and oxygen atoms in total. The number of rotatable bonds is 5. The molecular formula is C15H17NO2S2. The molecule has 1 unspecified atom stereocenters. The zero-order valence-corrected chi connectivity index (χ0v) is 12.6. The van der Waals surface area contributed by atoms with Gasteiger partial charge in [-0.3, -0.25) is 4.79 Å². The third kappa shape index (κ3) is 3.11. The predicted octanol–water partition coefficient (Wildman–Crippen LogP) is 2.98. The van der Waals surface area contributed by atoms with Crippen LogP contribution in [0, 0.1) is 5.92 Å². The van der Waals surface area contributed by atoms with Crippen molar-refractivity contribution in [1.82, 2.24) is 5.32 Å². The van der Waals surface area contributed by atoms with Gasteiger partial charge < -0.3 is 10.4 Å². The van der Waals surface area contributed by atoms with Crippen molar-refractivity contribution in [1.29, 1.82) is 0 Å². The van der Waals surface area contributed by atoms with Gasteiger partial charge in [0, 0.05) is 4.88 Å². The summed E-state index contributed by atoms with van der Waals surface area (Å²) in [6.45, 7) is 0. The van der Waals surface area contributed by atoms with Crippen LogP contribution in [0.3, 0.4) is 0 Å². The highest BCUT2D eigenvalue weighted by Gasteiger charge is 2.36. The molecule has 1 atom stereocenters. The maximum Gasteiger partial charge on any atom is 0.224 e. The van der Waals surface area contributed by atoms with Crippen LogP contribution >= 0.6 is 22.7 Å². The second-order valence-electron chi connectivity index (χ2n) is 5.25. The number of carbonyl (C=O) groups is 1. The van der Waals surface area contributed by atoms with Crippen molar-refractivity contribution >= 4 is 28.6 Å². The first-order chi connectivity index (χ1) is 9.72. The smallest absolute Gasteiger partial charge is 0.224 e. The van der Waals surface area contributed by atoms with E-state index >= 15 is 0 Å². The maximum absolute atomic E-state index is 12.2. The Morgan fingerprint density at radius 3 is 2.85 bits per heavy atom. The van der Waals surface area contributed by atoms with E-state index in [0.29, 0.717) is 12.3 Å².